The maximum absolute atomic E-state index is 4.92. The third kappa shape index (κ3) is 5.23. The summed E-state index contributed by atoms with van der Waals surface area (Å²) in [5.41, 5.74) is 3.99. The van der Waals surface area contributed by atoms with E-state index in [0.717, 1.165) is 22.0 Å². The molecule has 1 nitrogen and oxygen atoms in total. The first-order valence-corrected chi connectivity index (χ1v) is 11.1. The van der Waals surface area contributed by atoms with Gasteiger partial charge in [0, 0.05) is 22.0 Å². The second-order valence-corrected chi connectivity index (χ2v) is 9.49. The van der Waals surface area contributed by atoms with E-state index >= 15 is 0 Å². The third-order valence-electron chi connectivity index (χ3n) is 4.87. The standard InChI is InChI=1S/C18H28BNS2/c19-14-10-15-12-21-17-6-4-2-1-3-5-7-18(9-8-17)22-13-16(11-14)20-15/h10-11,17-18H,1-9,12-13,19H2. The van der Waals surface area contributed by atoms with Crippen LogP contribution in [0.5, 0.6) is 0 Å². The molecule has 4 bridgehead atoms. The summed E-state index contributed by atoms with van der Waals surface area (Å²) in [5, 5.41) is 1.70. The van der Waals surface area contributed by atoms with Crippen LogP contribution in [-0.4, -0.2) is 23.3 Å². The Hall–Kier alpha value is -0.0851. The summed E-state index contributed by atoms with van der Waals surface area (Å²) >= 11 is 4.34. The molecule has 0 amide bonds. The van der Waals surface area contributed by atoms with Crippen LogP contribution >= 0.6 is 23.5 Å². The molecular weight excluding hydrogens is 305 g/mol. The zero-order valence-corrected chi connectivity index (χ0v) is 15.5. The highest BCUT2D eigenvalue weighted by molar-refractivity contribution is 7.99. The second kappa shape index (κ2) is 8.68. The molecule has 1 fully saturated rings. The second-order valence-electron chi connectivity index (χ2n) is 6.92. The summed E-state index contributed by atoms with van der Waals surface area (Å²) in [4.78, 5) is 4.92. The fraction of sp³-hybridized carbons (Fsp3) is 0.722. The van der Waals surface area contributed by atoms with Crippen molar-refractivity contribution in [1.82, 2.24) is 4.98 Å². The molecule has 2 aliphatic rings. The lowest BCUT2D eigenvalue weighted by Gasteiger charge is -2.19. The van der Waals surface area contributed by atoms with E-state index in [1.54, 1.807) is 0 Å². The first-order valence-electron chi connectivity index (χ1n) is 8.99. The van der Waals surface area contributed by atoms with Crippen molar-refractivity contribution in [3.8, 4) is 0 Å². The molecule has 0 saturated heterocycles. The zero-order chi connectivity index (χ0) is 15.2. The predicted octanol–water partition coefficient (Wildman–Crippen LogP) is 4.08. The number of hydrogen-bond acceptors (Lipinski definition) is 3. The van der Waals surface area contributed by atoms with E-state index in [2.05, 4.69) is 43.5 Å². The maximum Gasteiger partial charge on any atom is 0.139 e. The van der Waals surface area contributed by atoms with Crippen LogP contribution in [0.1, 0.15) is 69.2 Å². The average molecular weight is 333 g/mol. The molecule has 0 spiro atoms. The Morgan fingerprint density at radius 3 is 1.82 bits per heavy atom. The molecule has 1 aliphatic heterocycles. The Morgan fingerprint density at radius 1 is 0.773 bits per heavy atom. The molecule has 0 N–H and O–H groups in total. The van der Waals surface area contributed by atoms with Gasteiger partial charge in [-0.25, -0.2) is 0 Å². The normalized spacial score (nSPS) is 27.6. The van der Waals surface area contributed by atoms with Crippen molar-refractivity contribution in [1.29, 1.82) is 0 Å². The SMILES string of the molecule is Bc1cc2nc(c1)CSC1CCCCCCCC(CC1)SC2. The Kier molecular flexibility index (Phi) is 6.61. The lowest BCUT2D eigenvalue weighted by atomic mass is 9.96. The fourth-order valence-electron chi connectivity index (χ4n) is 3.64. The van der Waals surface area contributed by atoms with Gasteiger partial charge in [0.2, 0.25) is 0 Å². The Labute approximate surface area is 145 Å². The zero-order valence-electron chi connectivity index (χ0n) is 13.9. The molecule has 4 heteroatoms. The van der Waals surface area contributed by atoms with Gasteiger partial charge in [-0.2, -0.15) is 23.5 Å². The van der Waals surface area contributed by atoms with Crippen LogP contribution < -0.4 is 5.46 Å². The summed E-state index contributed by atoms with van der Waals surface area (Å²) < 4.78 is 0. The van der Waals surface area contributed by atoms with Crippen LogP contribution in [0.4, 0.5) is 0 Å². The molecule has 22 heavy (non-hydrogen) atoms. The van der Waals surface area contributed by atoms with Gasteiger partial charge in [0.15, 0.2) is 0 Å². The number of thioether (sulfide) groups is 2. The lowest BCUT2D eigenvalue weighted by Crippen LogP contribution is -2.09. The minimum absolute atomic E-state index is 0.852. The average Bonchev–Trinajstić information content (AvgIpc) is 2.56. The highest BCUT2D eigenvalue weighted by atomic mass is 32.2. The molecular formula is C18H28BNS2. The van der Waals surface area contributed by atoms with Gasteiger partial charge in [-0.1, -0.05) is 37.6 Å². The first-order chi connectivity index (χ1) is 10.8. The molecule has 120 valence electrons. The van der Waals surface area contributed by atoms with Gasteiger partial charge < -0.3 is 0 Å². The van der Waals surface area contributed by atoms with E-state index in [0.29, 0.717) is 0 Å². The summed E-state index contributed by atoms with van der Waals surface area (Å²) in [6.07, 6.45) is 12.9. The first kappa shape index (κ1) is 16.8. The molecule has 0 aromatic carbocycles. The van der Waals surface area contributed by atoms with Gasteiger partial charge in [-0.05, 0) is 37.8 Å². The molecule has 2 heterocycles. The van der Waals surface area contributed by atoms with E-state index in [4.69, 9.17) is 4.98 Å². The molecule has 2 atom stereocenters. The number of aromatic nitrogens is 1. The topological polar surface area (TPSA) is 12.9 Å². The van der Waals surface area contributed by atoms with Gasteiger partial charge >= 0.3 is 0 Å². The van der Waals surface area contributed by atoms with Crippen LogP contribution in [0, 0.1) is 0 Å². The van der Waals surface area contributed by atoms with Gasteiger partial charge in [0.25, 0.3) is 0 Å². The molecule has 3 rings (SSSR count). The van der Waals surface area contributed by atoms with Crippen molar-refractivity contribution >= 4 is 36.8 Å². The van der Waals surface area contributed by atoms with Gasteiger partial charge in [-0.3, -0.25) is 4.98 Å². The Balaban J connectivity index is 1.77. The van der Waals surface area contributed by atoms with E-state index in [-0.39, 0.29) is 0 Å². The minimum Gasteiger partial charge on any atom is -0.256 e. The molecule has 0 radical (unpaired) electrons. The van der Waals surface area contributed by atoms with E-state index in [9.17, 15) is 0 Å². The summed E-state index contributed by atoms with van der Waals surface area (Å²) in [6.45, 7) is 0. The molecule has 1 aliphatic carbocycles. The van der Waals surface area contributed by atoms with Crippen LogP contribution in [0.25, 0.3) is 0 Å². The maximum atomic E-state index is 4.92. The number of pyridine rings is 1. The highest BCUT2D eigenvalue weighted by Crippen LogP contribution is 2.33. The van der Waals surface area contributed by atoms with Crippen molar-refractivity contribution in [2.45, 2.75) is 79.8 Å². The number of fused-ring (bicyclic) bond motifs is 5. The van der Waals surface area contributed by atoms with Crippen LogP contribution in [0.3, 0.4) is 0 Å². The number of rotatable bonds is 0. The van der Waals surface area contributed by atoms with Gasteiger partial charge in [0.05, 0.1) is 11.4 Å². The molecule has 1 aromatic heterocycles. The van der Waals surface area contributed by atoms with Crippen molar-refractivity contribution in [3.63, 3.8) is 0 Å². The van der Waals surface area contributed by atoms with Crippen LogP contribution in [0.15, 0.2) is 12.1 Å². The predicted molar refractivity (Wildman–Crippen MR) is 104 cm³/mol. The summed E-state index contributed by atoms with van der Waals surface area (Å²) in [6, 6.07) is 4.58. The molecule has 2 unspecified atom stereocenters. The Morgan fingerprint density at radius 2 is 1.27 bits per heavy atom. The van der Waals surface area contributed by atoms with Crippen molar-refractivity contribution < 1.29 is 0 Å². The number of nitrogens with zero attached hydrogens (tertiary/aromatic N) is 1. The fourth-order valence-corrected chi connectivity index (χ4v) is 6.02. The molecule has 1 aromatic rings. The van der Waals surface area contributed by atoms with Gasteiger partial charge in [-0.15, -0.1) is 0 Å². The van der Waals surface area contributed by atoms with E-state index in [1.165, 1.54) is 74.6 Å². The largest absolute Gasteiger partial charge is 0.256 e. The monoisotopic (exact) mass is 333 g/mol. The smallest absolute Gasteiger partial charge is 0.139 e. The van der Waals surface area contributed by atoms with E-state index in [1.807, 2.05) is 0 Å². The van der Waals surface area contributed by atoms with E-state index < -0.39 is 0 Å². The summed E-state index contributed by atoms with van der Waals surface area (Å²) in [7, 11) is 2.22. The highest BCUT2D eigenvalue weighted by Gasteiger charge is 2.18. The number of hydrogen-bond donors (Lipinski definition) is 0. The minimum atomic E-state index is 0.852. The quantitative estimate of drug-likeness (QED) is 0.664. The lowest BCUT2D eigenvalue weighted by molar-refractivity contribution is 0.589. The molecule has 1 saturated carbocycles. The van der Waals surface area contributed by atoms with Crippen LogP contribution in [-0.2, 0) is 11.5 Å². The van der Waals surface area contributed by atoms with Crippen molar-refractivity contribution in [3.05, 3.63) is 23.5 Å². The van der Waals surface area contributed by atoms with Gasteiger partial charge in [0.1, 0.15) is 7.85 Å². The summed E-state index contributed by atoms with van der Waals surface area (Å²) in [5.74, 6) is 2.21. The van der Waals surface area contributed by atoms with Crippen molar-refractivity contribution in [2.75, 3.05) is 0 Å². The van der Waals surface area contributed by atoms with Crippen LogP contribution in [0.2, 0.25) is 0 Å². The third-order valence-corrected chi connectivity index (χ3v) is 7.68. The van der Waals surface area contributed by atoms with Crippen molar-refractivity contribution in [2.24, 2.45) is 0 Å². The Bertz CT molecular complexity index is 442.